The summed E-state index contributed by atoms with van der Waals surface area (Å²) in [5, 5.41) is 3.27. The molecule has 1 atom stereocenters. The first-order valence-electron chi connectivity index (χ1n) is 9.32. The zero-order valence-electron chi connectivity index (χ0n) is 15.8. The molecule has 5 nitrogen and oxygen atoms in total. The van der Waals surface area contributed by atoms with Gasteiger partial charge in [-0.05, 0) is 37.5 Å². The zero-order chi connectivity index (χ0) is 17.9. The average Bonchev–Trinajstić information content (AvgIpc) is 2.62. The summed E-state index contributed by atoms with van der Waals surface area (Å²) in [6, 6.07) is 5.88. The smallest absolute Gasteiger partial charge is 0.240 e. The molecule has 0 aliphatic carbocycles. The van der Waals surface area contributed by atoms with Gasteiger partial charge in [-0.25, -0.2) is 0 Å². The van der Waals surface area contributed by atoms with Crippen molar-refractivity contribution in [1.29, 1.82) is 0 Å². The SMILES string of the molecule is C.CC.CC[NH+](C)CCCNCC(=O)N1CCCc2ccc(N)cc21. The van der Waals surface area contributed by atoms with Gasteiger partial charge in [-0.15, -0.1) is 0 Å². The molecule has 0 radical (unpaired) electrons. The van der Waals surface area contributed by atoms with Gasteiger partial charge in [0, 0.05) is 30.9 Å². The Balaban J connectivity index is 0.00000185. The number of anilines is 2. The Morgan fingerprint density at radius 3 is 2.76 bits per heavy atom. The molecular weight excluding hydrogens is 312 g/mol. The van der Waals surface area contributed by atoms with E-state index in [9.17, 15) is 4.79 Å². The predicted octanol–water partition coefficient (Wildman–Crippen LogP) is 1.72. The minimum absolute atomic E-state index is 0. The largest absolute Gasteiger partial charge is 0.399 e. The fraction of sp³-hybridized carbons (Fsp3) is 0.650. The first-order valence-corrected chi connectivity index (χ1v) is 9.32. The number of nitrogens with one attached hydrogen (secondary N) is 2. The van der Waals surface area contributed by atoms with Crippen LogP contribution >= 0.6 is 0 Å². The minimum Gasteiger partial charge on any atom is -0.399 e. The van der Waals surface area contributed by atoms with Crippen LogP contribution in [0.5, 0.6) is 0 Å². The Labute approximate surface area is 154 Å². The van der Waals surface area contributed by atoms with Crippen molar-refractivity contribution in [3.8, 4) is 0 Å². The molecule has 1 amide bonds. The first-order chi connectivity index (χ1) is 11.6. The summed E-state index contributed by atoms with van der Waals surface area (Å²) in [4.78, 5) is 15.8. The van der Waals surface area contributed by atoms with E-state index in [-0.39, 0.29) is 13.3 Å². The lowest BCUT2D eigenvalue weighted by Crippen LogP contribution is -3.08. The van der Waals surface area contributed by atoms with Crippen LogP contribution in [-0.4, -0.2) is 45.7 Å². The second-order valence-corrected chi connectivity index (χ2v) is 6.13. The monoisotopic (exact) mass is 351 g/mol. The molecule has 0 bridgehead atoms. The van der Waals surface area contributed by atoms with Gasteiger partial charge in [0.05, 0.1) is 26.7 Å². The van der Waals surface area contributed by atoms with E-state index in [1.54, 1.807) is 0 Å². The topological polar surface area (TPSA) is 62.8 Å². The number of aryl methyl sites for hydroxylation is 1. The summed E-state index contributed by atoms with van der Waals surface area (Å²) in [6.07, 6.45) is 3.14. The Bertz CT molecular complexity index is 504. The van der Waals surface area contributed by atoms with Crippen molar-refractivity contribution in [2.45, 2.75) is 47.5 Å². The number of nitrogen functional groups attached to an aromatic ring is 1. The van der Waals surface area contributed by atoms with Crippen molar-refractivity contribution in [3.63, 3.8) is 0 Å². The third kappa shape index (κ3) is 7.45. The lowest BCUT2D eigenvalue weighted by Gasteiger charge is -2.30. The Kier molecular flexibility index (Phi) is 11.9. The maximum atomic E-state index is 12.4. The van der Waals surface area contributed by atoms with Gasteiger partial charge in [-0.2, -0.15) is 0 Å². The van der Waals surface area contributed by atoms with Gasteiger partial charge >= 0.3 is 0 Å². The summed E-state index contributed by atoms with van der Waals surface area (Å²) in [5.74, 6) is 0.141. The molecule has 4 N–H and O–H groups in total. The molecule has 1 aromatic rings. The van der Waals surface area contributed by atoms with Crippen LogP contribution in [0.4, 0.5) is 11.4 Å². The molecule has 1 aliphatic rings. The van der Waals surface area contributed by atoms with Crippen molar-refractivity contribution in [3.05, 3.63) is 23.8 Å². The second kappa shape index (κ2) is 12.7. The summed E-state index contributed by atoms with van der Waals surface area (Å²) >= 11 is 0. The molecule has 2 rings (SSSR count). The Morgan fingerprint density at radius 2 is 2.08 bits per heavy atom. The van der Waals surface area contributed by atoms with Gasteiger partial charge in [-0.3, -0.25) is 4.79 Å². The highest BCUT2D eigenvalue weighted by atomic mass is 16.2. The second-order valence-electron chi connectivity index (χ2n) is 6.13. The van der Waals surface area contributed by atoms with Gasteiger partial charge in [0.1, 0.15) is 0 Å². The predicted molar refractivity (Wildman–Crippen MR) is 109 cm³/mol. The molecule has 0 saturated heterocycles. The summed E-state index contributed by atoms with van der Waals surface area (Å²) in [6.45, 7) is 10.6. The van der Waals surface area contributed by atoms with E-state index in [4.69, 9.17) is 5.73 Å². The van der Waals surface area contributed by atoms with Crippen molar-refractivity contribution in [2.75, 3.05) is 50.4 Å². The van der Waals surface area contributed by atoms with Gasteiger partial charge in [-0.1, -0.05) is 27.3 Å². The lowest BCUT2D eigenvalue weighted by atomic mass is 10.0. The molecule has 1 heterocycles. The van der Waals surface area contributed by atoms with Crippen LogP contribution in [0.15, 0.2) is 18.2 Å². The van der Waals surface area contributed by atoms with Crippen molar-refractivity contribution < 1.29 is 9.69 Å². The van der Waals surface area contributed by atoms with E-state index in [1.165, 1.54) is 10.5 Å². The Hall–Kier alpha value is -1.59. The van der Waals surface area contributed by atoms with Crippen molar-refractivity contribution in [2.24, 2.45) is 0 Å². The number of carbonyl (C=O) groups is 1. The van der Waals surface area contributed by atoms with Crippen LogP contribution < -0.4 is 20.9 Å². The van der Waals surface area contributed by atoms with Gasteiger partial charge in [0.15, 0.2) is 0 Å². The van der Waals surface area contributed by atoms with E-state index >= 15 is 0 Å². The lowest BCUT2D eigenvalue weighted by molar-refractivity contribution is -0.877. The molecule has 144 valence electrons. The molecule has 25 heavy (non-hydrogen) atoms. The molecular formula is C20H39N4O+. The summed E-state index contributed by atoms with van der Waals surface area (Å²) < 4.78 is 0. The fourth-order valence-corrected chi connectivity index (χ4v) is 2.83. The van der Waals surface area contributed by atoms with Crippen molar-refractivity contribution >= 4 is 17.3 Å². The molecule has 0 aromatic heterocycles. The third-order valence-electron chi connectivity index (χ3n) is 4.37. The van der Waals surface area contributed by atoms with Gasteiger partial charge in [0.2, 0.25) is 5.91 Å². The van der Waals surface area contributed by atoms with Crippen LogP contribution in [0.1, 0.15) is 46.6 Å². The van der Waals surface area contributed by atoms with Gasteiger partial charge < -0.3 is 20.9 Å². The number of nitrogens with two attached hydrogens (primary N) is 1. The highest BCUT2D eigenvalue weighted by molar-refractivity contribution is 5.96. The Morgan fingerprint density at radius 1 is 1.36 bits per heavy atom. The van der Waals surface area contributed by atoms with Gasteiger partial charge in [0.25, 0.3) is 0 Å². The number of fused-ring (bicyclic) bond motifs is 1. The van der Waals surface area contributed by atoms with Crippen LogP contribution in [0.2, 0.25) is 0 Å². The minimum atomic E-state index is 0. The van der Waals surface area contributed by atoms with E-state index in [0.717, 1.165) is 56.8 Å². The molecule has 0 saturated carbocycles. The van der Waals surface area contributed by atoms with E-state index in [1.807, 2.05) is 36.9 Å². The number of carbonyl (C=O) groups excluding carboxylic acids is 1. The standard InChI is InChI=1S/C17H28N4O.C2H6.CH4/c1-3-20(2)10-5-9-19-13-17(22)21-11-4-6-14-7-8-15(18)12-16(14)21;1-2;/h7-8,12,19H,3-6,9-11,13,18H2,1-2H3;1-2H3;1H4/p+1. The summed E-state index contributed by atoms with van der Waals surface area (Å²) in [7, 11) is 2.19. The maximum absolute atomic E-state index is 12.4. The zero-order valence-corrected chi connectivity index (χ0v) is 15.8. The van der Waals surface area contributed by atoms with E-state index in [0.29, 0.717) is 6.54 Å². The molecule has 1 unspecified atom stereocenters. The first kappa shape index (κ1) is 23.4. The number of rotatable bonds is 7. The normalized spacial score (nSPS) is 13.8. The van der Waals surface area contributed by atoms with E-state index in [2.05, 4.69) is 19.3 Å². The number of hydrogen-bond acceptors (Lipinski definition) is 3. The van der Waals surface area contributed by atoms with Crippen molar-refractivity contribution in [1.82, 2.24) is 5.32 Å². The number of quaternary nitrogens is 1. The molecule has 0 fully saturated rings. The highest BCUT2D eigenvalue weighted by Crippen LogP contribution is 2.28. The maximum Gasteiger partial charge on any atom is 0.240 e. The molecule has 1 aromatic carbocycles. The number of benzene rings is 1. The van der Waals surface area contributed by atoms with Crippen LogP contribution in [0.25, 0.3) is 0 Å². The molecule has 5 heteroatoms. The number of amides is 1. The van der Waals surface area contributed by atoms with E-state index < -0.39 is 0 Å². The molecule has 1 aliphatic heterocycles. The fourth-order valence-electron chi connectivity index (χ4n) is 2.83. The quantitative estimate of drug-likeness (QED) is 0.518. The van der Waals surface area contributed by atoms with Crippen LogP contribution in [0, 0.1) is 0 Å². The summed E-state index contributed by atoms with van der Waals surface area (Å²) in [5.41, 5.74) is 8.81. The number of hydrogen-bond donors (Lipinski definition) is 3. The third-order valence-corrected chi connectivity index (χ3v) is 4.37. The average molecular weight is 352 g/mol. The molecule has 0 spiro atoms. The van der Waals surface area contributed by atoms with Crippen LogP contribution in [0.3, 0.4) is 0 Å². The highest BCUT2D eigenvalue weighted by Gasteiger charge is 2.22. The van der Waals surface area contributed by atoms with Crippen LogP contribution in [-0.2, 0) is 11.2 Å². The number of nitrogens with zero attached hydrogens (tertiary/aromatic N) is 1.